The molecule has 0 amide bonds. The third-order valence-electron chi connectivity index (χ3n) is 2.75. The van der Waals surface area contributed by atoms with Crippen LogP contribution in [0.5, 0.6) is 0 Å². The first kappa shape index (κ1) is 13.7. The molecule has 7 heteroatoms. The van der Waals surface area contributed by atoms with Gasteiger partial charge in [0.15, 0.2) is 5.82 Å². The fourth-order valence-electron chi connectivity index (χ4n) is 1.75. The Morgan fingerprint density at radius 1 is 1.19 bits per heavy atom. The molecule has 5 nitrogen and oxygen atoms in total. The molecule has 1 N–H and O–H groups in total. The van der Waals surface area contributed by atoms with E-state index in [0.29, 0.717) is 15.6 Å². The van der Waals surface area contributed by atoms with E-state index in [4.69, 9.17) is 23.8 Å². The van der Waals surface area contributed by atoms with Gasteiger partial charge in [-0.05, 0) is 48.6 Å². The molecule has 0 radical (unpaired) electrons. The van der Waals surface area contributed by atoms with E-state index in [1.165, 1.54) is 0 Å². The van der Waals surface area contributed by atoms with Crippen LogP contribution in [-0.4, -0.2) is 26.1 Å². The normalized spacial score (nSPS) is 11.1. The van der Waals surface area contributed by atoms with E-state index in [1.54, 1.807) is 29.2 Å². The summed E-state index contributed by atoms with van der Waals surface area (Å²) in [4.78, 5) is 4.18. The van der Waals surface area contributed by atoms with Crippen LogP contribution in [0.25, 0.3) is 11.4 Å². The average molecular weight is 316 g/mol. The number of pyridine rings is 1. The maximum absolute atomic E-state index is 5.89. The maximum atomic E-state index is 5.89. The van der Waals surface area contributed by atoms with Gasteiger partial charge >= 0.3 is 0 Å². The van der Waals surface area contributed by atoms with Crippen LogP contribution in [0, 0.1) is 4.77 Å². The van der Waals surface area contributed by atoms with Gasteiger partial charge in [0.2, 0.25) is 4.77 Å². The summed E-state index contributed by atoms with van der Waals surface area (Å²) in [5, 5.41) is 11.9. The Kier molecular flexibility index (Phi) is 3.89. The van der Waals surface area contributed by atoms with Crippen molar-refractivity contribution >= 4 is 30.0 Å². The highest BCUT2D eigenvalue weighted by Gasteiger charge is 2.07. The fraction of sp³-hybridized carbons (Fsp3) is 0. The topological polar surface area (TPSA) is 58.9 Å². The third-order valence-corrected chi connectivity index (χ3v) is 3.26. The van der Waals surface area contributed by atoms with Crippen molar-refractivity contribution in [3.8, 4) is 11.4 Å². The van der Waals surface area contributed by atoms with Crippen molar-refractivity contribution in [3.05, 3.63) is 64.1 Å². The molecule has 3 rings (SSSR count). The predicted octanol–water partition coefficient (Wildman–Crippen LogP) is 3.54. The Bertz CT molecular complexity index is 821. The van der Waals surface area contributed by atoms with Crippen LogP contribution in [0.15, 0.2) is 53.8 Å². The number of rotatable bonds is 3. The molecule has 0 spiro atoms. The summed E-state index contributed by atoms with van der Waals surface area (Å²) in [5.41, 5.74) is 1.60. The van der Waals surface area contributed by atoms with Gasteiger partial charge in [-0.2, -0.15) is 14.9 Å². The number of nitrogens with zero attached hydrogens (tertiary/aromatic N) is 4. The number of aromatic nitrogens is 4. The number of benzene rings is 1. The van der Waals surface area contributed by atoms with Gasteiger partial charge < -0.3 is 0 Å². The molecule has 0 aliphatic heterocycles. The molecular weight excluding hydrogens is 306 g/mol. The van der Waals surface area contributed by atoms with Gasteiger partial charge in [-0.25, -0.2) is 5.10 Å². The molecule has 0 bridgehead atoms. The average Bonchev–Trinajstić information content (AvgIpc) is 2.88. The predicted molar refractivity (Wildman–Crippen MR) is 85.1 cm³/mol. The van der Waals surface area contributed by atoms with Crippen LogP contribution >= 0.6 is 23.8 Å². The number of nitrogens with one attached hydrogen (secondary N) is 1. The van der Waals surface area contributed by atoms with Gasteiger partial charge in [0.05, 0.1) is 11.9 Å². The molecule has 3 aromatic rings. The van der Waals surface area contributed by atoms with Crippen molar-refractivity contribution in [2.45, 2.75) is 0 Å². The van der Waals surface area contributed by atoms with Gasteiger partial charge in [-0.3, -0.25) is 4.98 Å². The van der Waals surface area contributed by atoms with E-state index < -0.39 is 0 Å². The summed E-state index contributed by atoms with van der Waals surface area (Å²) < 4.78 is 1.96. The minimum absolute atomic E-state index is 0.409. The Morgan fingerprint density at radius 3 is 2.71 bits per heavy atom. The zero-order valence-corrected chi connectivity index (χ0v) is 12.3. The van der Waals surface area contributed by atoms with Crippen LogP contribution in [0.3, 0.4) is 0 Å². The Labute approximate surface area is 130 Å². The van der Waals surface area contributed by atoms with E-state index in [2.05, 4.69) is 20.3 Å². The van der Waals surface area contributed by atoms with Crippen LogP contribution < -0.4 is 0 Å². The molecule has 0 aliphatic carbocycles. The zero-order chi connectivity index (χ0) is 14.7. The SMILES string of the molecule is S=c1[nH]nc(-c2ccc(Cl)cc2)n1/N=C\c1ccccn1. The van der Waals surface area contributed by atoms with E-state index in [1.807, 2.05) is 30.3 Å². The lowest BCUT2D eigenvalue weighted by molar-refractivity contribution is 0.870. The number of hydrogen-bond acceptors (Lipinski definition) is 4. The van der Waals surface area contributed by atoms with Crippen molar-refractivity contribution in [3.63, 3.8) is 0 Å². The summed E-state index contributed by atoms with van der Waals surface area (Å²) in [6.45, 7) is 0. The van der Waals surface area contributed by atoms with Crippen LogP contribution in [0.2, 0.25) is 5.02 Å². The molecular formula is C14H10ClN5S. The maximum Gasteiger partial charge on any atom is 0.216 e. The Balaban J connectivity index is 2.00. The number of hydrogen-bond donors (Lipinski definition) is 1. The lowest BCUT2D eigenvalue weighted by atomic mass is 10.2. The molecule has 0 unspecified atom stereocenters. The summed E-state index contributed by atoms with van der Waals surface area (Å²) >= 11 is 11.1. The van der Waals surface area contributed by atoms with Gasteiger partial charge in [0.1, 0.15) is 0 Å². The second-order valence-electron chi connectivity index (χ2n) is 4.17. The number of halogens is 1. The first-order chi connectivity index (χ1) is 10.2. The van der Waals surface area contributed by atoms with E-state index in [-0.39, 0.29) is 0 Å². The molecule has 1 aromatic carbocycles. The van der Waals surface area contributed by atoms with E-state index in [0.717, 1.165) is 11.3 Å². The standard InChI is InChI=1S/C14H10ClN5S/c15-11-6-4-10(5-7-11)13-18-19-14(21)20(13)17-9-12-3-1-2-8-16-12/h1-9H,(H,19,21)/b17-9-. The van der Waals surface area contributed by atoms with Crippen LogP contribution in [0.4, 0.5) is 0 Å². The van der Waals surface area contributed by atoms with E-state index >= 15 is 0 Å². The quantitative estimate of drug-likeness (QED) is 0.594. The largest absolute Gasteiger partial charge is 0.255 e. The van der Waals surface area contributed by atoms with Crippen molar-refractivity contribution < 1.29 is 0 Å². The Hall–Kier alpha value is -2.31. The molecule has 21 heavy (non-hydrogen) atoms. The first-order valence-corrected chi connectivity index (χ1v) is 6.91. The van der Waals surface area contributed by atoms with Gasteiger partial charge in [0, 0.05) is 16.8 Å². The van der Waals surface area contributed by atoms with Gasteiger partial charge in [0.25, 0.3) is 0 Å². The van der Waals surface area contributed by atoms with Gasteiger partial charge in [-0.1, -0.05) is 17.7 Å². The Morgan fingerprint density at radius 2 is 2.00 bits per heavy atom. The minimum Gasteiger partial charge on any atom is -0.255 e. The lowest BCUT2D eigenvalue weighted by Crippen LogP contribution is -1.95. The second kappa shape index (κ2) is 5.99. The molecule has 0 saturated carbocycles. The molecule has 104 valence electrons. The molecule has 0 fully saturated rings. The summed E-state index contributed by atoms with van der Waals surface area (Å²) in [7, 11) is 0. The van der Waals surface area contributed by atoms with Gasteiger partial charge in [-0.15, -0.1) is 0 Å². The van der Waals surface area contributed by atoms with Crippen LogP contribution in [0.1, 0.15) is 5.69 Å². The fourth-order valence-corrected chi connectivity index (χ4v) is 2.06. The summed E-state index contributed by atoms with van der Waals surface area (Å²) in [6, 6.07) is 12.9. The summed E-state index contributed by atoms with van der Waals surface area (Å²) in [5.74, 6) is 0.615. The van der Waals surface area contributed by atoms with Crippen molar-refractivity contribution in [2.24, 2.45) is 5.10 Å². The second-order valence-corrected chi connectivity index (χ2v) is 4.99. The summed E-state index contributed by atoms with van der Waals surface area (Å²) in [6.07, 6.45) is 3.33. The third kappa shape index (κ3) is 3.07. The zero-order valence-electron chi connectivity index (χ0n) is 10.8. The lowest BCUT2D eigenvalue weighted by Gasteiger charge is -2.00. The van der Waals surface area contributed by atoms with Crippen molar-refractivity contribution in [1.29, 1.82) is 0 Å². The minimum atomic E-state index is 0.409. The molecule has 0 saturated heterocycles. The monoisotopic (exact) mass is 315 g/mol. The molecule has 0 aliphatic rings. The van der Waals surface area contributed by atoms with Crippen molar-refractivity contribution in [1.82, 2.24) is 19.9 Å². The van der Waals surface area contributed by atoms with Crippen molar-refractivity contribution in [2.75, 3.05) is 0 Å². The highest BCUT2D eigenvalue weighted by Crippen LogP contribution is 2.19. The molecule has 2 heterocycles. The first-order valence-electron chi connectivity index (χ1n) is 6.13. The molecule has 0 atom stereocenters. The smallest absolute Gasteiger partial charge is 0.216 e. The highest BCUT2D eigenvalue weighted by atomic mass is 35.5. The number of aromatic amines is 1. The number of H-pyrrole nitrogens is 1. The van der Waals surface area contributed by atoms with E-state index in [9.17, 15) is 0 Å². The molecule has 2 aromatic heterocycles. The highest BCUT2D eigenvalue weighted by molar-refractivity contribution is 7.71. The van der Waals surface area contributed by atoms with Crippen LogP contribution in [-0.2, 0) is 0 Å².